The fraction of sp³-hybridized carbons (Fsp3) is 0.286. The van der Waals surface area contributed by atoms with E-state index in [1.807, 2.05) is 18.2 Å². The first-order valence-electron chi connectivity index (χ1n) is 9.23. The molecule has 0 radical (unpaired) electrons. The van der Waals surface area contributed by atoms with E-state index in [0.29, 0.717) is 22.8 Å². The van der Waals surface area contributed by atoms with E-state index in [1.54, 1.807) is 22.8 Å². The Balaban J connectivity index is 1.55. The molecule has 28 heavy (non-hydrogen) atoms. The first-order chi connectivity index (χ1) is 13.5. The summed E-state index contributed by atoms with van der Waals surface area (Å²) in [5.74, 6) is 0.0438. The topological polar surface area (TPSA) is 56.9 Å². The van der Waals surface area contributed by atoms with Crippen molar-refractivity contribution in [3.63, 3.8) is 0 Å². The summed E-state index contributed by atoms with van der Waals surface area (Å²) in [6, 6.07) is 13.5. The predicted molar refractivity (Wildman–Crippen MR) is 105 cm³/mol. The van der Waals surface area contributed by atoms with Crippen molar-refractivity contribution in [2.45, 2.75) is 38.3 Å². The first-order valence-corrected chi connectivity index (χ1v) is 9.61. The fourth-order valence-corrected chi connectivity index (χ4v) is 3.45. The zero-order chi connectivity index (χ0) is 19.7. The highest BCUT2D eigenvalue weighted by Gasteiger charge is 2.31. The van der Waals surface area contributed by atoms with Crippen LogP contribution >= 0.6 is 11.6 Å². The summed E-state index contributed by atoms with van der Waals surface area (Å²) >= 11 is 6.29. The van der Waals surface area contributed by atoms with E-state index in [-0.39, 0.29) is 36.3 Å². The molecule has 7 heteroatoms. The third kappa shape index (κ3) is 3.92. The van der Waals surface area contributed by atoms with Gasteiger partial charge in [-0.2, -0.15) is 0 Å². The number of Topliss-reactive ketones (excluding diaryl/α,β-unsaturated/α-hetero) is 1. The molecule has 1 fully saturated rings. The molecule has 0 saturated heterocycles. The molecule has 1 aliphatic rings. The number of halogens is 2. The summed E-state index contributed by atoms with van der Waals surface area (Å²) in [5.41, 5.74) is 1.14. The molecule has 1 aromatic heterocycles. The SMILES string of the molecule is O=C(CCc1cccc(F)c1)Cn1nc(-c2ccccc2Cl)n(C2CC2)c1=O. The van der Waals surface area contributed by atoms with E-state index >= 15 is 0 Å². The average Bonchev–Trinajstić information content (AvgIpc) is 3.46. The van der Waals surface area contributed by atoms with Gasteiger partial charge in [-0.3, -0.25) is 9.36 Å². The molecule has 2 aromatic carbocycles. The van der Waals surface area contributed by atoms with Crippen LogP contribution in [0.2, 0.25) is 5.02 Å². The van der Waals surface area contributed by atoms with Crippen LogP contribution < -0.4 is 5.69 Å². The van der Waals surface area contributed by atoms with E-state index in [0.717, 1.165) is 18.4 Å². The molecule has 0 aliphatic heterocycles. The second-order valence-electron chi connectivity index (χ2n) is 7.01. The van der Waals surface area contributed by atoms with Crippen LogP contribution in [0, 0.1) is 5.82 Å². The van der Waals surface area contributed by atoms with Crippen LogP contribution in [-0.2, 0) is 17.8 Å². The van der Waals surface area contributed by atoms with Gasteiger partial charge in [-0.1, -0.05) is 35.9 Å². The molecular formula is C21H19ClFN3O2. The lowest BCUT2D eigenvalue weighted by Crippen LogP contribution is -2.27. The molecule has 0 spiro atoms. The van der Waals surface area contributed by atoms with Crippen LogP contribution in [0.15, 0.2) is 53.3 Å². The summed E-state index contributed by atoms with van der Waals surface area (Å²) in [6.07, 6.45) is 2.47. The number of carbonyl (C=O) groups excluding carboxylic acids is 1. The molecule has 4 rings (SSSR count). The van der Waals surface area contributed by atoms with Gasteiger partial charge < -0.3 is 0 Å². The fourth-order valence-electron chi connectivity index (χ4n) is 3.23. The van der Waals surface area contributed by atoms with Gasteiger partial charge in [-0.15, -0.1) is 5.10 Å². The van der Waals surface area contributed by atoms with Crippen LogP contribution in [0.5, 0.6) is 0 Å². The van der Waals surface area contributed by atoms with Crippen molar-refractivity contribution >= 4 is 17.4 Å². The van der Waals surface area contributed by atoms with E-state index in [4.69, 9.17) is 11.6 Å². The summed E-state index contributed by atoms with van der Waals surface area (Å²) in [7, 11) is 0. The lowest BCUT2D eigenvalue weighted by atomic mass is 10.1. The van der Waals surface area contributed by atoms with Gasteiger partial charge >= 0.3 is 5.69 Å². The maximum atomic E-state index is 13.3. The quantitative estimate of drug-likeness (QED) is 0.602. The molecule has 3 aromatic rings. The van der Waals surface area contributed by atoms with Crippen molar-refractivity contribution < 1.29 is 9.18 Å². The minimum atomic E-state index is -0.325. The van der Waals surface area contributed by atoms with E-state index < -0.39 is 0 Å². The summed E-state index contributed by atoms with van der Waals surface area (Å²) in [6.45, 7) is -0.106. The van der Waals surface area contributed by atoms with Crippen molar-refractivity contribution in [1.82, 2.24) is 14.3 Å². The zero-order valence-electron chi connectivity index (χ0n) is 15.1. The standard InChI is InChI=1S/C21H19ClFN3O2/c22-19-7-2-1-6-18(19)20-24-25(21(28)26(20)16-9-10-16)13-17(27)11-8-14-4-3-5-15(23)12-14/h1-7,12,16H,8-11,13H2. The van der Waals surface area contributed by atoms with Crippen molar-refractivity contribution in [3.05, 3.63) is 75.4 Å². The molecule has 0 bridgehead atoms. The van der Waals surface area contributed by atoms with Gasteiger partial charge in [-0.05, 0) is 49.1 Å². The molecule has 0 amide bonds. The molecule has 0 atom stereocenters. The first kappa shape index (κ1) is 18.6. The number of rotatable bonds is 7. The Morgan fingerprint density at radius 2 is 1.96 bits per heavy atom. The number of hydrogen-bond acceptors (Lipinski definition) is 3. The van der Waals surface area contributed by atoms with E-state index in [2.05, 4.69) is 5.10 Å². The third-order valence-electron chi connectivity index (χ3n) is 4.80. The summed E-state index contributed by atoms with van der Waals surface area (Å²) in [4.78, 5) is 25.2. The van der Waals surface area contributed by atoms with Crippen LogP contribution in [-0.4, -0.2) is 20.1 Å². The van der Waals surface area contributed by atoms with Gasteiger partial charge in [0.25, 0.3) is 0 Å². The largest absolute Gasteiger partial charge is 0.346 e. The van der Waals surface area contributed by atoms with Crippen molar-refractivity contribution in [2.75, 3.05) is 0 Å². The highest BCUT2D eigenvalue weighted by Crippen LogP contribution is 2.37. The van der Waals surface area contributed by atoms with Gasteiger partial charge in [-0.25, -0.2) is 13.9 Å². The summed E-state index contributed by atoms with van der Waals surface area (Å²) in [5, 5.41) is 4.93. The maximum absolute atomic E-state index is 13.3. The average molecular weight is 400 g/mol. The molecule has 0 unspecified atom stereocenters. The molecule has 0 N–H and O–H groups in total. The van der Waals surface area contributed by atoms with Crippen LogP contribution in [0.25, 0.3) is 11.4 Å². The zero-order valence-corrected chi connectivity index (χ0v) is 15.9. The Kier molecular flexibility index (Phi) is 5.13. The number of carbonyl (C=O) groups is 1. The smallest absolute Gasteiger partial charge is 0.298 e. The number of hydrogen-bond donors (Lipinski definition) is 0. The van der Waals surface area contributed by atoms with Crippen LogP contribution in [0.3, 0.4) is 0 Å². The van der Waals surface area contributed by atoms with Crippen molar-refractivity contribution in [3.8, 4) is 11.4 Å². The molecule has 5 nitrogen and oxygen atoms in total. The minimum absolute atomic E-state index is 0.106. The number of aromatic nitrogens is 3. The second kappa shape index (κ2) is 7.72. The molecule has 1 aliphatic carbocycles. The van der Waals surface area contributed by atoms with E-state index in [1.165, 1.54) is 16.8 Å². The van der Waals surface area contributed by atoms with Crippen LogP contribution in [0.4, 0.5) is 4.39 Å². The number of aryl methyl sites for hydroxylation is 1. The minimum Gasteiger partial charge on any atom is -0.298 e. The Morgan fingerprint density at radius 3 is 2.68 bits per heavy atom. The number of ketones is 1. The van der Waals surface area contributed by atoms with E-state index in [9.17, 15) is 14.0 Å². The Bertz CT molecular complexity index is 1090. The highest BCUT2D eigenvalue weighted by molar-refractivity contribution is 6.33. The Labute approximate surface area is 166 Å². The second-order valence-corrected chi connectivity index (χ2v) is 7.42. The predicted octanol–water partition coefficient (Wildman–Crippen LogP) is 4.04. The Hall–Kier alpha value is -2.73. The lowest BCUT2D eigenvalue weighted by Gasteiger charge is -2.04. The molecule has 1 heterocycles. The monoisotopic (exact) mass is 399 g/mol. The Morgan fingerprint density at radius 1 is 1.18 bits per heavy atom. The van der Waals surface area contributed by atoms with Crippen molar-refractivity contribution in [2.24, 2.45) is 0 Å². The number of benzene rings is 2. The normalized spacial score (nSPS) is 13.6. The lowest BCUT2D eigenvalue weighted by molar-refractivity contribution is -0.119. The summed E-state index contributed by atoms with van der Waals surface area (Å²) < 4.78 is 16.1. The van der Waals surface area contributed by atoms with Crippen LogP contribution in [0.1, 0.15) is 30.9 Å². The van der Waals surface area contributed by atoms with Crippen molar-refractivity contribution in [1.29, 1.82) is 0 Å². The van der Waals surface area contributed by atoms with Gasteiger partial charge in [0.15, 0.2) is 11.6 Å². The molecule has 1 saturated carbocycles. The van der Waals surface area contributed by atoms with Gasteiger partial charge in [0, 0.05) is 18.0 Å². The number of nitrogens with zero attached hydrogens (tertiary/aromatic N) is 3. The van der Waals surface area contributed by atoms with Gasteiger partial charge in [0.05, 0.1) is 5.02 Å². The molecular weight excluding hydrogens is 381 g/mol. The van der Waals surface area contributed by atoms with Gasteiger partial charge in [0.1, 0.15) is 12.4 Å². The van der Waals surface area contributed by atoms with Gasteiger partial charge in [0.2, 0.25) is 0 Å². The highest BCUT2D eigenvalue weighted by atomic mass is 35.5. The third-order valence-corrected chi connectivity index (χ3v) is 5.13. The molecule has 144 valence electrons. The maximum Gasteiger partial charge on any atom is 0.346 e.